The van der Waals surface area contributed by atoms with Crippen molar-refractivity contribution in [3.63, 3.8) is 0 Å². The van der Waals surface area contributed by atoms with Gasteiger partial charge in [0.15, 0.2) is 5.82 Å². The molecule has 2 fully saturated rings. The first-order valence-electron chi connectivity index (χ1n) is 9.10. The zero-order valence-electron chi connectivity index (χ0n) is 15.4. The number of hydrogen-bond acceptors (Lipinski definition) is 5. The molecule has 27 heavy (non-hydrogen) atoms. The van der Waals surface area contributed by atoms with Crippen LogP contribution in [-0.2, 0) is 4.79 Å². The van der Waals surface area contributed by atoms with Crippen LogP contribution in [0.1, 0.15) is 43.5 Å². The van der Waals surface area contributed by atoms with E-state index in [1.54, 1.807) is 13.0 Å². The molecule has 8 heteroatoms. The molecule has 1 saturated carbocycles. The van der Waals surface area contributed by atoms with Crippen LogP contribution in [0.15, 0.2) is 22.7 Å². The molecule has 1 unspecified atom stereocenters. The van der Waals surface area contributed by atoms with Crippen LogP contribution in [0.25, 0.3) is 11.5 Å². The Morgan fingerprint density at radius 2 is 2.15 bits per heavy atom. The fourth-order valence-electron chi connectivity index (χ4n) is 3.30. The first-order chi connectivity index (χ1) is 12.9. The SMILES string of the molecule is Cc1ccc(NC(=O)N2CCC(C)(C(=O)O)C2)c(-c2nc(C3CC3)no2)c1. The number of carboxylic acid groups (broad SMARTS) is 1. The lowest BCUT2D eigenvalue weighted by molar-refractivity contribution is -0.146. The molecule has 2 amide bonds. The van der Waals surface area contributed by atoms with Gasteiger partial charge in [0, 0.05) is 19.0 Å². The van der Waals surface area contributed by atoms with E-state index in [0.29, 0.717) is 41.8 Å². The van der Waals surface area contributed by atoms with E-state index in [1.165, 1.54) is 4.90 Å². The number of amides is 2. The molecule has 2 aromatic rings. The molecule has 142 valence electrons. The molecule has 0 bridgehead atoms. The third kappa shape index (κ3) is 3.39. The number of aryl methyl sites for hydroxylation is 1. The maximum Gasteiger partial charge on any atom is 0.321 e. The smallest absolute Gasteiger partial charge is 0.321 e. The van der Waals surface area contributed by atoms with Gasteiger partial charge in [0.2, 0.25) is 0 Å². The van der Waals surface area contributed by atoms with Gasteiger partial charge in [-0.3, -0.25) is 4.79 Å². The predicted octanol–water partition coefficient (Wildman–Crippen LogP) is 3.25. The van der Waals surface area contributed by atoms with E-state index >= 15 is 0 Å². The van der Waals surface area contributed by atoms with Crippen molar-refractivity contribution in [2.45, 2.75) is 39.0 Å². The first-order valence-corrected chi connectivity index (χ1v) is 9.10. The van der Waals surface area contributed by atoms with Crippen LogP contribution in [0.3, 0.4) is 0 Å². The largest absolute Gasteiger partial charge is 0.481 e. The topological polar surface area (TPSA) is 109 Å². The number of anilines is 1. The summed E-state index contributed by atoms with van der Waals surface area (Å²) in [5.41, 5.74) is 1.34. The lowest BCUT2D eigenvalue weighted by atomic mass is 9.90. The molecule has 2 N–H and O–H groups in total. The van der Waals surface area contributed by atoms with Crippen molar-refractivity contribution in [3.8, 4) is 11.5 Å². The summed E-state index contributed by atoms with van der Waals surface area (Å²) in [6.45, 7) is 4.20. The molecular formula is C19H22N4O4. The molecule has 0 spiro atoms. The molecule has 2 aliphatic rings. The first kappa shape index (κ1) is 17.5. The average Bonchev–Trinajstić information content (AvgIpc) is 3.21. The van der Waals surface area contributed by atoms with Gasteiger partial charge in [-0.25, -0.2) is 4.79 Å². The summed E-state index contributed by atoms with van der Waals surface area (Å²) >= 11 is 0. The van der Waals surface area contributed by atoms with Gasteiger partial charge < -0.3 is 19.8 Å². The van der Waals surface area contributed by atoms with Crippen LogP contribution < -0.4 is 5.32 Å². The third-order valence-electron chi connectivity index (χ3n) is 5.31. The Kier molecular flexibility index (Phi) is 4.13. The van der Waals surface area contributed by atoms with Crippen molar-refractivity contribution >= 4 is 17.7 Å². The zero-order chi connectivity index (χ0) is 19.2. The fraction of sp³-hybridized carbons (Fsp3) is 0.474. The minimum absolute atomic E-state index is 0.182. The van der Waals surface area contributed by atoms with E-state index in [2.05, 4.69) is 15.5 Å². The van der Waals surface area contributed by atoms with Crippen molar-refractivity contribution in [1.82, 2.24) is 15.0 Å². The summed E-state index contributed by atoms with van der Waals surface area (Å²) in [5.74, 6) is 0.587. The molecular weight excluding hydrogens is 348 g/mol. The number of rotatable bonds is 4. The van der Waals surface area contributed by atoms with Gasteiger partial charge in [0.25, 0.3) is 5.89 Å². The average molecular weight is 370 g/mol. The van der Waals surface area contributed by atoms with Crippen molar-refractivity contribution in [3.05, 3.63) is 29.6 Å². The highest BCUT2D eigenvalue weighted by Gasteiger charge is 2.42. The van der Waals surface area contributed by atoms with Crippen LogP contribution >= 0.6 is 0 Å². The van der Waals surface area contributed by atoms with Gasteiger partial charge >= 0.3 is 12.0 Å². The molecule has 0 radical (unpaired) electrons. The highest BCUT2D eigenvalue weighted by atomic mass is 16.5. The number of hydrogen-bond donors (Lipinski definition) is 2. The van der Waals surface area contributed by atoms with Crippen LogP contribution in [0.2, 0.25) is 0 Å². The highest BCUT2D eigenvalue weighted by molar-refractivity contribution is 5.94. The Hall–Kier alpha value is -2.90. The molecule has 1 aliphatic carbocycles. The van der Waals surface area contributed by atoms with Gasteiger partial charge in [0.1, 0.15) is 0 Å². The molecule has 2 heterocycles. The zero-order valence-corrected chi connectivity index (χ0v) is 15.4. The second kappa shape index (κ2) is 6.37. The summed E-state index contributed by atoms with van der Waals surface area (Å²) in [4.78, 5) is 30.1. The van der Waals surface area contributed by atoms with Crippen LogP contribution in [0, 0.1) is 12.3 Å². The number of urea groups is 1. The standard InChI is InChI=1S/C19H22N4O4/c1-11-3-6-14(13(9-11)16-21-15(22-27-16)12-4-5-12)20-18(26)23-8-7-19(2,10-23)17(24)25/h3,6,9,12H,4-5,7-8,10H2,1-2H3,(H,20,26)(H,24,25). The Bertz CT molecular complexity index is 905. The van der Waals surface area contributed by atoms with E-state index in [1.807, 2.05) is 19.1 Å². The number of likely N-dealkylation sites (tertiary alicyclic amines) is 1. The van der Waals surface area contributed by atoms with Crippen LogP contribution in [0.4, 0.5) is 10.5 Å². The number of aromatic nitrogens is 2. The van der Waals surface area contributed by atoms with Gasteiger partial charge in [-0.15, -0.1) is 0 Å². The minimum atomic E-state index is -0.904. The molecule has 1 aromatic heterocycles. The molecule has 8 nitrogen and oxygen atoms in total. The Morgan fingerprint density at radius 1 is 1.37 bits per heavy atom. The predicted molar refractivity (Wildman–Crippen MR) is 97.4 cm³/mol. The summed E-state index contributed by atoms with van der Waals surface area (Å²) in [6, 6.07) is 5.26. The summed E-state index contributed by atoms with van der Waals surface area (Å²) in [6.07, 6.45) is 2.59. The molecule has 1 aromatic carbocycles. The van der Waals surface area contributed by atoms with Gasteiger partial charge in [0.05, 0.1) is 16.7 Å². The Morgan fingerprint density at radius 3 is 2.81 bits per heavy atom. The summed E-state index contributed by atoms with van der Waals surface area (Å²) in [7, 11) is 0. The van der Waals surface area contributed by atoms with Gasteiger partial charge in [-0.1, -0.05) is 16.8 Å². The number of carbonyl (C=O) groups excluding carboxylic acids is 1. The maximum atomic E-state index is 12.7. The molecule has 1 aliphatic heterocycles. The number of carbonyl (C=O) groups is 2. The van der Waals surface area contributed by atoms with Gasteiger partial charge in [-0.05, 0) is 45.2 Å². The maximum absolute atomic E-state index is 12.7. The van der Waals surface area contributed by atoms with Crippen LogP contribution in [-0.4, -0.2) is 45.2 Å². The van der Waals surface area contributed by atoms with E-state index in [-0.39, 0.29) is 12.6 Å². The number of benzene rings is 1. The summed E-state index contributed by atoms with van der Waals surface area (Å²) in [5, 5.41) is 16.3. The number of nitrogens with one attached hydrogen (secondary N) is 1. The molecule has 4 rings (SSSR count). The fourth-order valence-corrected chi connectivity index (χ4v) is 3.30. The van der Waals surface area contributed by atoms with E-state index in [0.717, 1.165) is 18.4 Å². The van der Waals surface area contributed by atoms with Crippen molar-refractivity contribution in [2.75, 3.05) is 18.4 Å². The van der Waals surface area contributed by atoms with Crippen molar-refractivity contribution in [1.29, 1.82) is 0 Å². The lowest BCUT2D eigenvalue weighted by Crippen LogP contribution is -2.37. The number of aliphatic carboxylic acids is 1. The second-order valence-electron chi connectivity index (χ2n) is 7.75. The minimum Gasteiger partial charge on any atom is -0.481 e. The molecule has 1 atom stereocenters. The quantitative estimate of drug-likeness (QED) is 0.855. The van der Waals surface area contributed by atoms with Crippen LogP contribution in [0.5, 0.6) is 0 Å². The third-order valence-corrected chi connectivity index (χ3v) is 5.31. The highest BCUT2D eigenvalue weighted by Crippen LogP contribution is 2.39. The lowest BCUT2D eigenvalue weighted by Gasteiger charge is -2.21. The van der Waals surface area contributed by atoms with E-state index in [4.69, 9.17) is 4.52 Å². The Balaban J connectivity index is 1.55. The molecule has 1 saturated heterocycles. The number of nitrogens with zero attached hydrogens (tertiary/aromatic N) is 3. The Labute approximate surface area is 156 Å². The second-order valence-corrected chi connectivity index (χ2v) is 7.75. The van der Waals surface area contributed by atoms with E-state index < -0.39 is 11.4 Å². The summed E-state index contributed by atoms with van der Waals surface area (Å²) < 4.78 is 5.42. The van der Waals surface area contributed by atoms with Crippen molar-refractivity contribution < 1.29 is 19.2 Å². The van der Waals surface area contributed by atoms with Gasteiger partial charge in [-0.2, -0.15) is 4.98 Å². The van der Waals surface area contributed by atoms with Crippen molar-refractivity contribution in [2.24, 2.45) is 5.41 Å². The normalized spacial score (nSPS) is 22.1. The van der Waals surface area contributed by atoms with E-state index in [9.17, 15) is 14.7 Å². The monoisotopic (exact) mass is 370 g/mol. The number of carboxylic acids is 1.